The highest BCUT2D eigenvalue weighted by Crippen LogP contribution is 2.25. The molecule has 0 unspecified atom stereocenters. The van der Waals surface area contributed by atoms with E-state index in [2.05, 4.69) is 15.5 Å². The Hall–Kier alpha value is -3.79. The zero-order valence-corrected chi connectivity index (χ0v) is 19.5. The lowest BCUT2D eigenvalue weighted by Crippen LogP contribution is -2.35. The Balaban J connectivity index is 1.47. The molecule has 2 N–H and O–H groups in total. The summed E-state index contributed by atoms with van der Waals surface area (Å²) in [5.41, 5.74) is 2.09. The fourth-order valence-corrected chi connectivity index (χ4v) is 4.01. The fourth-order valence-electron chi connectivity index (χ4n) is 3.74. The number of hydrogen-bond donors (Lipinski definition) is 2. The highest BCUT2D eigenvalue weighted by atomic mass is 35.5. The molecule has 0 atom stereocenters. The summed E-state index contributed by atoms with van der Waals surface area (Å²) in [4.78, 5) is 38.4. The molecular weight excluding hydrogens is 472 g/mol. The van der Waals surface area contributed by atoms with Crippen molar-refractivity contribution >= 4 is 40.5 Å². The Morgan fingerprint density at radius 1 is 0.943 bits per heavy atom. The van der Waals surface area contributed by atoms with Crippen LogP contribution in [0.15, 0.2) is 66.7 Å². The lowest BCUT2D eigenvalue weighted by atomic mass is 10.1. The number of nitro benzene ring substituents is 1. The summed E-state index contributed by atoms with van der Waals surface area (Å²) < 4.78 is 5.39. The van der Waals surface area contributed by atoms with Crippen LogP contribution in [0.25, 0.3) is 0 Å². The molecule has 35 heavy (non-hydrogen) atoms. The number of anilines is 2. The van der Waals surface area contributed by atoms with Crippen molar-refractivity contribution in [2.45, 2.75) is 6.54 Å². The third-order valence-corrected chi connectivity index (χ3v) is 5.84. The number of non-ortho nitro benzene ring substituents is 1. The molecule has 0 aromatic heterocycles. The fraction of sp³-hybridized carbons (Fsp3) is 0.200. The van der Waals surface area contributed by atoms with Crippen LogP contribution in [0.5, 0.6) is 0 Å². The quantitative estimate of drug-likeness (QED) is 0.367. The standard InChI is InChI=1S/C25H23ClN4O5/c26-22-15-19(30(33)34)8-9-20(22)24(31)28-23-7-2-1-6-21(23)25(32)27-18-5-3-4-17(14-18)16-29-10-12-35-13-11-29/h1-9,14-15H,10-13,16H2,(H,27,32)(H,28,31). The molecule has 0 spiro atoms. The molecule has 0 bridgehead atoms. The van der Waals surface area contributed by atoms with Crippen LogP contribution in [0.3, 0.4) is 0 Å². The number of nitro groups is 1. The van der Waals surface area contributed by atoms with Gasteiger partial charge in [-0.3, -0.25) is 24.6 Å². The van der Waals surface area contributed by atoms with E-state index in [0.717, 1.165) is 31.3 Å². The Kier molecular flexibility index (Phi) is 7.71. The van der Waals surface area contributed by atoms with E-state index in [1.807, 2.05) is 18.2 Å². The Labute approximate surface area is 206 Å². The molecule has 1 saturated heterocycles. The smallest absolute Gasteiger partial charge is 0.270 e. The molecule has 2 amide bonds. The van der Waals surface area contributed by atoms with Gasteiger partial charge in [0.1, 0.15) is 0 Å². The predicted octanol–water partition coefficient (Wildman–Crippen LogP) is 4.59. The van der Waals surface area contributed by atoms with Crippen LogP contribution in [0.2, 0.25) is 5.02 Å². The van der Waals surface area contributed by atoms with Crippen LogP contribution >= 0.6 is 11.6 Å². The van der Waals surface area contributed by atoms with Gasteiger partial charge in [0.2, 0.25) is 0 Å². The van der Waals surface area contributed by atoms with Crippen LogP contribution in [-0.2, 0) is 11.3 Å². The zero-order chi connectivity index (χ0) is 24.8. The van der Waals surface area contributed by atoms with E-state index in [0.29, 0.717) is 18.9 Å². The zero-order valence-electron chi connectivity index (χ0n) is 18.7. The molecule has 4 rings (SSSR count). The van der Waals surface area contributed by atoms with E-state index in [1.165, 1.54) is 12.1 Å². The molecule has 0 aliphatic carbocycles. The molecule has 1 heterocycles. The minimum Gasteiger partial charge on any atom is -0.379 e. The van der Waals surface area contributed by atoms with E-state index in [9.17, 15) is 19.7 Å². The van der Waals surface area contributed by atoms with Crippen LogP contribution < -0.4 is 10.6 Å². The van der Waals surface area contributed by atoms with E-state index >= 15 is 0 Å². The minimum absolute atomic E-state index is 0.0586. The van der Waals surface area contributed by atoms with Crippen molar-refractivity contribution in [2.24, 2.45) is 0 Å². The summed E-state index contributed by atoms with van der Waals surface area (Å²) in [7, 11) is 0. The van der Waals surface area contributed by atoms with Crippen molar-refractivity contribution in [1.29, 1.82) is 0 Å². The number of ether oxygens (including phenoxy) is 1. The monoisotopic (exact) mass is 494 g/mol. The second kappa shape index (κ2) is 11.1. The highest BCUT2D eigenvalue weighted by molar-refractivity contribution is 6.34. The van der Waals surface area contributed by atoms with Gasteiger partial charge in [-0.15, -0.1) is 0 Å². The van der Waals surface area contributed by atoms with Gasteiger partial charge in [-0.2, -0.15) is 0 Å². The first-order valence-electron chi connectivity index (χ1n) is 11.0. The first-order chi connectivity index (χ1) is 16.9. The predicted molar refractivity (Wildman–Crippen MR) is 133 cm³/mol. The minimum atomic E-state index is -0.594. The molecule has 3 aromatic carbocycles. The third kappa shape index (κ3) is 6.21. The number of benzene rings is 3. The first kappa shape index (κ1) is 24.3. The van der Waals surface area contributed by atoms with Crippen LogP contribution in [0, 0.1) is 10.1 Å². The van der Waals surface area contributed by atoms with Gasteiger partial charge in [0.05, 0.1) is 40.0 Å². The Morgan fingerprint density at radius 2 is 1.69 bits per heavy atom. The van der Waals surface area contributed by atoms with E-state index in [4.69, 9.17) is 16.3 Å². The topological polar surface area (TPSA) is 114 Å². The van der Waals surface area contributed by atoms with Gasteiger partial charge in [0.15, 0.2) is 0 Å². The normalized spacial score (nSPS) is 13.7. The summed E-state index contributed by atoms with van der Waals surface area (Å²) >= 11 is 6.07. The highest BCUT2D eigenvalue weighted by Gasteiger charge is 2.18. The number of carbonyl (C=O) groups excluding carboxylic acids is 2. The number of nitrogens with zero attached hydrogens (tertiary/aromatic N) is 2. The average Bonchev–Trinajstić information content (AvgIpc) is 2.85. The maximum atomic E-state index is 13.1. The lowest BCUT2D eigenvalue weighted by Gasteiger charge is -2.26. The van der Waals surface area contributed by atoms with Crippen molar-refractivity contribution in [3.8, 4) is 0 Å². The van der Waals surface area contributed by atoms with Crippen LogP contribution in [0.4, 0.5) is 17.1 Å². The van der Waals surface area contributed by atoms with Gasteiger partial charge >= 0.3 is 0 Å². The van der Waals surface area contributed by atoms with E-state index in [1.54, 1.807) is 30.3 Å². The number of morpholine rings is 1. The maximum absolute atomic E-state index is 13.1. The van der Waals surface area contributed by atoms with Gasteiger partial charge in [0, 0.05) is 37.5 Å². The number of hydrogen-bond acceptors (Lipinski definition) is 6. The second-order valence-electron chi connectivity index (χ2n) is 7.96. The van der Waals surface area contributed by atoms with Crippen molar-refractivity contribution in [3.63, 3.8) is 0 Å². The Morgan fingerprint density at radius 3 is 2.43 bits per heavy atom. The number of halogens is 1. The summed E-state index contributed by atoms with van der Waals surface area (Å²) in [5.74, 6) is -0.975. The summed E-state index contributed by atoms with van der Waals surface area (Å²) in [6.45, 7) is 3.91. The van der Waals surface area contributed by atoms with Gasteiger partial charge in [-0.1, -0.05) is 35.9 Å². The molecule has 1 aliphatic heterocycles. The van der Waals surface area contributed by atoms with Crippen molar-refractivity contribution in [2.75, 3.05) is 36.9 Å². The van der Waals surface area contributed by atoms with Gasteiger partial charge in [0.25, 0.3) is 17.5 Å². The lowest BCUT2D eigenvalue weighted by molar-refractivity contribution is -0.384. The number of carbonyl (C=O) groups is 2. The second-order valence-corrected chi connectivity index (χ2v) is 8.37. The number of amides is 2. The van der Waals surface area contributed by atoms with Crippen molar-refractivity contribution in [1.82, 2.24) is 4.90 Å². The van der Waals surface area contributed by atoms with Gasteiger partial charge < -0.3 is 15.4 Å². The molecule has 0 saturated carbocycles. The molecule has 1 aliphatic rings. The summed E-state index contributed by atoms with van der Waals surface area (Å²) in [6.07, 6.45) is 0. The summed E-state index contributed by atoms with van der Waals surface area (Å²) in [6, 6.07) is 17.8. The number of rotatable bonds is 7. The molecule has 0 radical (unpaired) electrons. The van der Waals surface area contributed by atoms with E-state index in [-0.39, 0.29) is 33.4 Å². The molecule has 1 fully saturated rings. The third-order valence-electron chi connectivity index (χ3n) is 5.52. The molecule has 3 aromatic rings. The van der Waals surface area contributed by atoms with Crippen LogP contribution in [0.1, 0.15) is 26.3 Å². The number of para-hydroxylation sites is 1. The SMILES string of the molecule is O=C(Nc1ccccc1C(=O)Nc1cccc(CN2CCOCC2)c1)c1ccc([N+](=O)[O-])cc1Cl. The number of nitrogens with one attached hydrogen (secondary N) is 2. The van der Waals surface area contributed by atoms with Crippen molar-refractivity contribution in [3.05, 3.63) is 98.6 Å². The maximum Gasteiger partial charge on any atom is 0.270 e. The average molecular weight is 495 g/mol. The molecule has 180 valence electrons. The van der Waals surface area contributed by atoms with Gasteiger partial charge in [-0.25, -0.2) is 0 Å². The van der Waals surface area contributed by atoms with Crippen molar-refractivity contribution < 1.29 is 19.2 Å². The van der Waals surface area contributed by atoms with Crippen LogP contribution in [-0.4, -0.2) is 47.9 Å². The summed E-state index contributed by atoms with van der Waals surface area (Å²) in [5, 5.41) is 16.4. The van der Waals surface area contributed by atoms with Gasteiger partial charge in [-0.05, 0) is 35.9 Å². The first-order valence-corrected chi connectivity index (χ1v) is 11.3. The molecule has 9 nitrogen and oxygen atoms in total. The Bertz CT molecular complexity index is 1260. The van der Waals surface area contributed by atoms with E-state index < -0.39 is 10.8 Å². The largest absolute Gasteiger partial charge is 0.379 e. The molecule has 10 heteroatoms. The molecular formula is C25H23ClN4O5.